The van der Waals surface area contributed by atoms with Crippen LogP contribution in [0.3, 0.4) is 0 Å². The molecule has 5 nitrogen and oxygen atoms in total. The average Bonchev–Trinajstić information content (AvgIpc) is 2.53. The van der Waals surface area contributed by atoms with Crippen LogP contribution in [0.2, 0.25) is 0 Å². The van der Waals surface area contributed by atoms with Crippen LogP contribution in [0.4, 0.5) is 0 Å². The summed E-state index contributed by atoms with van der Waals surface area (Å²) in [4.78, 5) is 12.8. The van der Waals surface area contributed by atoms with Gasteiger partial charge in [0.25, 0.3) is 0 Å². The van der Waals surface area contributed by atoms with Gasteiger partial charge < -0.3 is 5.32 Å². The molecule has 5 aliphatic rings. The van der Waals surface area contributed by atoms with Crippen LogP contribution < -0.4 is 5.32 Å². The minimum absolute atomic E-state index is 0.0663. The largest absolute Gasteiger partial charge is 0.353 e. The van der Waals surface area contributed by atoms with Crippen LogP contribution in [-0.2, 0) is 14.8 Å². The van der Waals surface area contributed by atoms with Gasteiger partial charge in [-0.3, -0.25) is 4.79 Å². The van der Waals surface area contributed by atoms with Gasteiger partial charge in [0, 0.05) is 19.1 Å². The third-order valence-corrected chi connectivity index (χ3v) is 8.86. The molecule has 4 aliphatic carbocycles. The summed E-state index contributed by atoms with van der Waals surface area (Å²) in [5.41, 5.74) is 0.301. The molecule has 1 heterocycles. The topological polar surface area (TPSA) is 66.5 Å². The van der Waals surface area contributed by atoms with E-state index in [4.69, 9.17) is 0 Å². The highest BCUT2D eigenvalue weighted by Gasteiger charge is 2.53. The fourth-order valence-electron chi connectivity index (χ4n) is 6.65. The van der Waals surface area contributed by atoms with Crippen molar-refractivity contribution in [3.05, 3.63) is 0 Å². The number of carbonyl (C=O) groups is 1. The summed E-state index contributed by atoms with van der Waals surface area (Å²) >= 11 is 0. The van der Waals surface area contributed by atoms with Crippen molar-refractivity contribution in [1.29, 1.82) is 0 Å². The third kappa shape index (κ3) is 3.36. The van der Waals surface area contributed by atoms with Gasteiger partial charge in [0.05, 0.1) is 12.2 Å². The predicted molar refractivity (Wildman–Crippen MR) is 97.4 cm³/mol. The van der Waals surface area contributed by atoms with E-state index in [-0.39, 0.29) is 17.9 Å². The van der Waals surface area contributed by atoms with Gasteiger partial charge >= 0.3 is 0 Å². The molecular formula is C19H32N2O3S. The molecule has 5 fully saturated rings. The number of piperidine rings is 1. The van der Waals surface area contributed by atoms with Gasteiger partial charge in [0.2, 0.25) is 15.9 Å². The monoisotopic (exact) mass is 368 g/mol. The Kier molecular flexibility index (Phi) is 4.42. The van der Waals surface area contributed by atoms with E-state index in [2.05, 4.69) is 12.2 Å². The van der Waals surface area contributed by atoms with Gasteiger partial charge in [0.1, 0.15) is 0 Å². The van der Waals surface area contributed by atoms with Gasteiger partial charge in [-0.25, -0.2) is 12.7 Å². The Morgan fingerprint density at radius 1 is 1.12 bits per heavy atom. The molecule has 1 N–H and O–H groups in total. The molecule has 4 saturated carbocycles. The van der Waals surface area contributed by atoms with E-state index in [1.54, 1.807) is 0 Å². The zero-order chi connectivity index (χ0) is 17.8. The molecule has 5 rings (SSSR count). The Labute approximate surface area is 152 Å². The molecule has 0 aromatic rings. The van der Waals surface area contributed by atoms with Crippen molar-refractivity contribution in [2.45, 2.75) is 64.3 Å². The molecule has 1 aliphatic heterocycles. The lowest BCUT2D eigenvalue weighted by Gasteiger charge is -2.59. The fraction of sp³-hybridized carbons (Fsp3) is 0.947. The van der Waals surface area contributed by atoms with Crippen molar-refractivity contribution in [2.24, 2.45) is 29.1 Å². The average molecular weight is 369 g/mol. The summed E-state index contributed by atoms with van der Waals surface area (Å²) in [6.45, 7) is 3.09. The van der Waals surface area contributed by atoms with E-state index in [9.17, 15) is 13.2 Å². The molecular weight excluding hydrogens is 336 g/mol. The van der Waals surface area contributed by atoms with Crippen molar-refractivity contribution in [2.75, 3.05) is 19.3 Å². The first-order valence-corrected chi connectivity index (χ1v) is 11.9. The van der Waals surface area contributed by atoms with Gasteiger partial charge in [-0.1, -0.05) is 0 Å². The van der Waals surface area contributed by atoms with Crippen LogP contribution in [0.1, 0.15) is 58.3 Å². The highest BCUT2D eigenvalue weighted by atomic mass is 32.2. The molecule has 0 aromatic heterocycles. The smallest absolute Gasteiger partial charge is 0.224 e. The lowest BCUT2D eigenvalue weighted by molar-refractivity contribution is -0.130. The first-order chi connectivity index (χ1) is 11.7. The number of nitrogens with zero attached hydrogens (tertiary/aromatic N) is 1. The van der Waals surface area contributed by atoms with Crippen LogP contribution in [0.25, 0.3) is 0 Å². The molecule has 0 aromatic carbocycles. The lowest BCUT2D eigenvalue weighted by atomic mass is 9.48. The van der Waals surface area contributed by atoms with Crippen LogP contribution in [-0.4, -0.2) is 44.0 Å². The molecule has 25 heavy (non-hydrogen) atoms. The second-order valence-electron chi connectivity index (χ2n) is 9.47. The van der Waals surface area contributed by atoms with Gasteiger partial charge in [-0.15, -0.1) is 0 Å². The third-order valence-electron chi connectivity index (χ3n) is 7.59. The second-order valence-corrected chi connectivity index (χ2v) is 11.5. The summed E-state index contributed by atoms with van der Waals surface area (Å²) in [7, 11) is -3.20. The number of hydrogen-bond acceptors (Lipinski definition) is 3. The molecule has 0 radical (unpaired) electrons. The number of carbonyl (C=O) groups excluding carboxylic acids is 1. The van der Waals surface area contributed by atoms with E-state index < -0.39 is 10.0 Å². The number of sulfonamides is 1. The summed E-state index contributed by atoms with van der Waals surface area (Å²) in [6.07, 6.45) is 10.9. The van der Waals surface area contributed by atoms with E-state index in [0.717, 1.165) is 30.6 Å². The maximum Gasteiger partial charge on any atom is 0.224 e. The van der Waals surface area contributed by atoms with Crippen molar-refractivity contribution < 1.29 is 13.2 Å². The second kappa shape index (κ2) is 6.22. The van der Waals surface area contributed by atoms with Gasteiger partial charge in [0.15, 0.2) is 0 Å². The Bertz CT molecular complexity index is 610. The molecule has 2 atom stereocenters. The van der Waals surface area contributed by atoms with Crippen molar-refractivity contribution in [1.82, 2.24) is 9.62 Å². The highest BCUT2D eigenvalue weighted by Crippen LogP contribution is 2.61. The zero-order valence-electron chi connectivity index (χ0n) is 15.5. The standard InChI is InChI=1S/C19H32N2O3S/c1-13(19-9-14-6-15(10-19)8-16(7-14)11-19)20-18(22)17-4-3-5-21(12-17)25(2,23)24/h13-17H,3-12H2,1-2H3,(H,20,22)/t13-,14?,15?,16?,17-,19?/m1/s1. The number of nitrogens with one attached hydrogen (secondary N) is 1. The van der Waals surface area contributed by atoms with Crippen molar-refractivity contribution in [3.63, 3.8) is 0 Å². The molecule has 1 amide bonds. The van der Waals surface area contributed by atoms with E-state index in [1.165, 1.54) is 49.1 Å². The quantitative estimate of drug-likeness (QED) is 0.828. The predicted octanol–water partition coefficient (Wildman–Crippen LogP) is 2.38. The normalized spacial score (nSPS) is 42.3. The first-order valence-electron chi connectivity index (χ1n) is 10.0. The van der Waals surface area contributed by atoms with Crippen LogP contribution in [0.15, 0.2) is 0 Å². The highest BCUT2D eigenvalue weighted by molar-refractivity contribution is 7.88. The minimum Gasteiger partial charge on any atom is -0.353 e. The van der Waals surface area contributed by atoms with Gasteiger partial charge in [-0.2, -0.15) is 0 Å². The van der Waals surface area contributed by atoms with Crippen LogP contribution in [0.5, 0.6) is 0 Å². The Balaban J connectivity index is 1.41. The molecule has 6 heteroatoms. The fourth-order valence-corrected chi connectivity index (χ4v) is 7.56. The molecule has 0 spiro atoms. The zero-order valence-corrected chi connectivity index (χ0v) is 16.4. The van der Waals surface area contributed by atoms with E-state index >= 15 is 0 Å². The maximum absolute atomic E-state index is 12.8. The first kappa shape index (κ1) is 17.8. The summed E-state index contributed by atoms with van der Waals surface area (Å²) in [5.74, 6) is 2.50. The Morgan fingerprint density at radius 3 is 2.20 bits per heavy atom. The molecule has 1 saturated heterocycles. The summed E-state index contributed by atoms with van der Waals surface area (Å²) in [5, 5.41) is 3.32. The summed E-state index contributed by atoms with van der Waals surface area (Å²) < 4.78 is 25.1. The number of hydrogen-bond donors (Lipinski definition) is 1. The Morgan fingerprint density at radius 2 is 1.68 bits per heavy atom. The van der Waals surface area contributed by atoms with E-state index in [1.807, 2.05) is 0 Å². The van der Waals surface area contributed by atoms with Crippen LogP contribution in [0, 0.1) is 29.1 Å². The molecule has 0 unspecified atom stereocenters. The Hall–Kier alpha value is -0.620. The number of rotatable bonds is 4. The lowest BCUT2D eigenvalue weighted by Crippen LogP contribution is -2.57. The number of amides is 1. The SMILES string of the molecule is C[C@@H](NC(=O)[C@@H]1CCCN(S(C)(=O)=O)C1)C12CC3CC(CC(C3)C1)C2. The van der Waals surface area contributed by atoms with E-state index in [0.29, 0.717) is 18.5 Å². The maximum atomic E-state index is 12.8. The van der Waals surface area contributed by atoms with Gasteiger partial charge in [-0.05, 0) is 81.5 Å². The summed E-state index contributed by atoms with van der Waals surface area (Å²) in [6, 6.07) is 0.210. The van der Waals surface area contributed by atoms with Crippen LogP contribution >= 0.6 is 0 Å². The minimum atomic E-state index is -3.20. The van der Waals surface area contributed by atoms with Crippen molar-refractivity contribution in [3.8, 4) is 0 Å². The van der Waals surface area contributed by atoms with Crippen molar-refractivity contribution >= 4 is 15.9 Å². The molecule has 4 bridgehead atoms. The molecule has 142 valence electrons.